The van der Waals surface area contributed by atoms with E-state index in [4.69, 9.17) is 0 Å². The molecule has 40 heavy (non-hydrogen) atoms. The minimum Gasteiger partial charge on any atom is -0.381 e. The molecule has 1 atom stereocenters. The van der Waals surface area contributed by atoms with Crippen LogP contribution in [0, 0.1) is 11.6 Å². The highest BCUT2D eigenvalue weighted by molar-refractivity contribution is 5.86. The zero-order valence-corrected chi connectivity index (χ0v) is 20.4. The van der Waals surface area contributed by atoms with Crippen LogP contribution in [-0.2, 0) is 18.9 Å². The van der Waals surface area contributed by atoms with Crippen LogP contribution in [-0.4, -0.2) is 25.8 Å². The number of fused-ring (bicyclic) bond motifs is 1. The molecule has 212 valence electrons. The van der Waals surface area contributed by atoms with Crippen molar-refractivity contribution in [1.29, 1.82) is 0 Å². The van der Waals surface area contributed by atoms with E-state index < -0.39 is 69.2 Å². The number of halogens is 8. The molecule has 0 amide bonds. The number of aromatic amines is 1. The van der Waals surface area contributed by atoms with Gasteiger partial charge in [0.1, 0.15) is 22.9 Å². The summed E-state index contributed by atoms with van der Waals surface area (Å²) in [5.41, 5.74) is -6.31. The first-order valence-electron chi connectivity index (χ1n) is 11.6. The lowest BCUT2D eigenvalue weighted by Gasteiger charge is -2.18. The maximum Gasteiger partial charge on any atom is 0.423 e. The lowest BCUT2D eigenvalue weighted by Crippen LogP contribution is -2.27. The average Bonchev–Trinajstić information content (AvgIpc) is 2.84. The molecule has 4 aromatic rings. The van der Waals surface area contributed by atoms with E-state index in [0.29, 0.717) is 12.6 Å². The molecule has 1 unspecified atom stereocenters. The predicted molar refractivity (Wildman–Crippen MR) is 129 cm³/mol. The molecule has 0 fully saturated rings. The van der Waals surface area contributed by atoms with Gasteiger partial charge in [-0.2, -0.15) is 31.4 Å². The summed E-state index contributed by atoms with van der Waals surface area (Å²) < 4.78 is 109. The monoisotopic (exact) mass is 573 g/mol. The number of aromatic nitrogens is 4. The van der Waals surface area contributed by atoms with Crippen molar-refractivity contribution in [2.24, 2.45) is 0 Å². The lowest BCUT2D eigenvalue weighted by atomic mass is 10.0. The fraction of sp³-hybridized carbons (Fsp3) is 0.280. The largest absolute Gasteiger partial charge is 0.423 e. The number of aryl methyl sites for hydroxylation is 1. The van der Waals surface area contributed by atoms with Crippen molar-refractivity contribution in [1.82, 2.24) is 19.7 Å². The number of nitrogens with zero attached hydrogens (tertiary/aromatic N) is 3. The molecule has 1 aromatic carbocycles. The number of hydrogen-bond acceptors (Lipinski definition) is 5. The van der Waals surface area contributed by atoms with E-state index in [2.05, 4.69) is 15.4 Å². The van der Waals surface area contributed by atoms with Crippen LogP contribution in [0.5, 0.6) is 0 Å². The van der Waals surface area contributed by atoms with E-state index in [0.717, 1.165) is 18.3 Å². The highest BCUT2D eigenvalue weighted by Crippen LogP contribution is 2.33. The van der Waals surface area contributed by atoms with Gasteiger partial charge in [0.2, 0.25) is 0 Å². The number of nitrogens with one attached hydrogen (secondary N) is 2. The molecule has 0 aliphatic rings. The maximum absolute atomic E-state index is 14.8. The number of rotatable bonds is 7. The van der Waals surface area contributed by atoms with Gasteiger partial charge >= 0.3 is 12.4 Å². The van der Waals surface area contributed by atoms with Gasteiger partial charge in [0, 0.05) is 30.5 Å². The quantitative estimate of drug-likeness (QED) is 0.275. The summed E-state index contributed by atoms with van der Waals surface area (Å²) in [5.74, 6) is -2.46. The molecule has 15 heteroatoms. The second-order valence-electron chi connectivity index (χ2n) is 8.96. The molecule has 0 radical (unpaired) electrons. The van der Waals surface area contributed by atoms with Gasteiger partial charge in [-0.25, -0.2) is 13.9 Å². The standard InChI is InChI=1S/C25H19F8N5O2/c1-12(36-19-11-35-37-22(39)20(19)25(31,32)33)3-2-5-38-6-4-13-7-16(17(26)9-15(13)23(38)40)21-18(27)8-14(10-34-21)24(28,29)30/h4,6-12H,2-3,5H2,1H3,(H2,36,37,39). The molecule has 0 aliphatic carbocycles. The summed E-state index contributed by atoms with van der Waals surface area (Å²) in [5, 5.41) is 7.83. The number of anilines is 1. The Bertz CT molecular complexity index is 1680. The second-order valence-corrected chi connectivity index (χ2v) is 8.96. The topological polar surface area (TPSA) is 92.7 Å². The number of benzene rings is 1. The third kappa shape index (κ3) is 5.97. The molecule has 0 saturated carbocycles. The summed E-state index contributed by atoms with van der Waals surface area (Å²) in [6, 6.07) is 3.03. The zero-order valence-electron chi connectivity index (χ0n) is 20.4. The molecule has 0 spiro atoms. The van der Waals surface area contributed by atoms with Crippen LogP contribution in [0.1, 0.15) is 30.9 Å². The van der Waals surface area contributed by atoms with Crippen molar-refractivity contribution >= 4 is 16.5 Å². The van der Waals surface area contributed by atoms with Gasteiger partial charge in [-0.1, -0.05) is 0 Å². The highest BCUT2D eigenvalue weighted by Gasteiger charge is 2.37. The molecule has 0 saturated heterocycles. The first-order chi connectivity index (χ1) is 18.7. The van der Waals surface area contributed by atoms with Crippen LogP contribution in [0.4, 0.5) is 40.8 Å². The van der Waals surface area contributed by atoms with Crippen LogP contribution in [0.15, 0.2) is 52.4 Å². The van der Waals surface area contributed by atoms with Crippen molar-refractivity contribution in [3.8, 4) is 11.3 Å². The third-order valence-corrected chi connectivity index (χ3v) is 6.07. The van der Waals surface area contributed by atoms with Gasteiger partial charge in [-0.15, -0.1) is 0 Å². The summed E-state index contributed by atoms with van der Waals surface area (Å²) in [6.45, 7) is 1.69. The van der Waals surface area contributed by atoms with E-state index in [-0.39, 0.29) is 29.8 Å². The molecular formula is C25H19F8N5O2. The molecule has 3 heterocycles. The number of hydrogen-bond donors (Lipinski definition) is 2. The Hall–Kier alpha value is -4.30. The third-order valence-electron chi connectivity index (χ3n) is 6.07. The zero-order chi connectivity index (χ0) is 29.4. The Morgan fingerprint density at radius 2 is 1.73 bits per heavy atom. The SMILES string of the molecule is CC(CCCn1ccc2cc(-c3ncc(C(F)(F)F)cc3F)c(F)cc2c1=O)Nc1cn[nH]c(=O)c1C(F)(F)F. The Morgan fingerprint density at radius 1 is 1.00 bits per heavy atom. The Kier molecular flexibility index (Phi) is 7.67. The van der Waals surface area contributed by atoms with Crippen molar-refractivity contribution in [3.05, 3.63) is 86.3 Å². The first-order valence-corrected chi connectivity index (χ1v) is 11.6. The second kappa shape index (κ2) is 10.7. The Balaban J connectivity index is 1.50. The smallest absolute Gasteiger partial charge is 0.381 e. The maximum atomic E-state index is 14.8. The molecule has 0 aliphatic heterocycles. The molecule has 3 aromatic heterocycles. The lowest BCUT2D eigenvalue weighted by molar-refractivity contribution is -0.138. The van der Waals surface area contributed by atoms with Gasteiger partial charge in [-0.3, -0.25) is 14.6 Å². The molecule has 7 nitrogen and oxygen atoms in total. The van der Waals surface area contributed by atoms with E-state index >= 15 is 0 Å². The fourth-order valence-corrected chi connectivity index (χ4v) is 4.15. The fourth-order valence-electron chi connectivity index (χ4n) is 4.15. The Morgan fingerprint density at radius 3 is 2.38 bits per heavy atom. The molecular weight excluding hydrogens is 554 g/mol. The van der Waals surface area contributed by atoms with E-state index in [9.17, 15) is 44.7 Å². The van der Waals surface area contributed by atoms with Crippen molar-refractivity contribution in [2.45, 2.75) is 44.7 Å². The Labute approximate surface area is 219 Å². The minimum absolute atomic E-state index is 0.0772. The van der Waals surface area contributed by atoms with E-state index in [1.54, 1.807) is 12.0 Å². The highest BCUT2D eigenvalue weighted by atomic mass is 19.4. The molecule has 0 bridgehead atoms. The summed E-state index contributed by atoms with van der Waals surface area (Å²) in [6.07, 6.45) is -6.55. The van der Waals surface area contributed by atoms with Gasteiger partial charge < -0.3 is 9.88 Å². The van der Waals surface area contributed by atoms with Crippen molar-refractivity contribution < 1.29 is 35.1 Å². The van der Waals surface area contributed by atoms with Gasteiger partial charge in [0.05, 0.1) is 22.8 Å². The summed E-state index contributed by atoms with van der Waals surface area (Å²) in [4.78, 5) is 27.9. The van der Waals surface area contributed by atoms with Gasteiger partial charge in [0.25, 0.3) is 11.1 Å². The normalized spacial score (nSPS) is 13.0. The minimum atomic E-state index is -4.90. The number of H-pyrrole nitrogens is 1. The number of alkyl halides is 6. The van der Waals surface area contributed by atoms with Crippen LogP contribution in [0.3, 0.4) is 0 Å². The molecule has 4 rings (SSSR count). The summed E-state index contributed by atoms with van der Waals surface area (Å²) >= 11 is 0. The van der Waals surface area contributed by atoms with Crippen molar-refractivity contribution in [2.75, 3.05) is 5.32 Å². The molecule has 2 N–H and O–H groups in total. The van der Waals surface area contributed by atoms with Crippen LogP contribution >= 0.6 is 0 Å². The van der Waals surface area contributed by atoms with Crippen LogP contribution in [0.25, 0.3) is 22.0 Å². The van der Waals surface area contributed by atoms with Crippen LogP contribution < -0.4 is 16.4 Å². The van der Waals surface area contributed by atoms with Gasteiger partial charge in [-0.05, 0) is 49.4 Å². The summed E-state index contributed by atoms with van der Waals surface area (Å²) in [7, 11) is 0. The van der Waals surface area contributed by atoms with E-state index in [1.807, 2.05) is 0 Å². The number of pyridine rings is 2. The average molecular weight is 573 g/mol. The van der Waals surface area contributed by atoms with Gasteiger partial charge in [0.15, 0.2) is 0 Å². The van der Waals surface area contributed by atoms with Crippen LogP contribution in [0.2, 0.25) is 0 Å². The first kappa shape index (κ1) is 28.7. The predicted octanol–water partition coefficient (Wildman–Crippen LogP) is 5.74. The van der Waals surface area contributed by atoms with E-state index in [1.165, 1.54) is 16.8 Å². The van der Waals surface area contributed by atoms with Crippen molar-refractivity contribution in [3.63, 3.8) is 0 Å².